The fraction of sp³-hybridized carbons (Fsp3) is 0.218. The SMILES string of the molecule is Cc1ccc(N2c3cc4c(cc3B3c5sc6ccc(C(C)(C)C)cc6c5N(c5ccc(C(C)(C)C)cc5)c5cc(C)cc2c53)-c2ccccc2C42c3ccccc3-c3ccc(N(c4ccc(C(C)(C)C)cc4)c4ccc(C(C)(C)C)cc4)cc32)c(-c2ccccc2)c1. The summed E-state index contributed by atoms with van der Waals surface area (Å²) in [6, 6.07) is 90.1. The Morgan fingerprint density at radius 3 is 1.48 bits per heavy atom. The van der Waals surface area contributed by atoms with Gasteiger partial charge in [-0.1, -0.05) is 228 Å². The fourth-order valence-corrected chi connectivity index (χ4v) is 17.1. The number of benzene rings is 11. The molecule has 92 heavy (non-hydrogen) atoms. The van der Waals surface area contributed by atoms with Crippen LogP contribution in [0.4, 0.5) is 51.2 Å². The lowest BCUT2D eigenvalue weighted by molar-refractivity contribution is 0.590. The standard InChI is InChI=1S/C87H80BN3S/c1-53-28-44-75(67(46-53)55-22-16-15-17-23-55)91-76-52-73-68(51-74(76)88-80-77(47-54(2)48-78(80)91)90(62-40-33-58(34-41-62)85(9,10)11)81-69-49-59(86(12,13)14)35-45-79(69)92-82(81)88)65-25-19-21-27-71(65)87(73)70-26-20-18-24-64(70)66-43-42-63(50-72(66)87)89(60-36-29-56(30-37-60)83(3,4)5)61-38-31-57(32-39-61)84(6,7)8/h15-52H,1-14H3. The molecule has 0 amide bonds. The molecule has 16 rings (SSSR count). The molecule has 3 heterocycles. The molecule has 5 heteroatoms. The maximum absolute atomic E-state index is 2.69. The zero-order valence-electron chi connectivity index (χ0n) is 55.8. The molecule has 11 aromatic carbocycles. The summed E-state index contributed by atoms with van der Waals surface area (Å²) in [7, 11) is 0. The van der Waals surface area contributed by atoms with Crippen LogP contribution < -0.4 is 30.4 Å². The van der Waals surface area contributed by atoms with Gasteiger partial charge in [0.1, 0.15) is 0 Å². The normalized spacial score (nSPS) is 15.3. The van der Waals surface area contributed by atoms with Crippen LogP contribution in [0.25, 0.3) is 43.5 Å². The van der Waals surface area contributed by atoms with Crippen LogP contribution in [0.1, 0.15) is 139 Å². The Kier molecular flexibility index (Phi) is 12.9. The van der Waals surface area contributed by atoms with Gasteiger partial charge >= 0.3 is 0 Å². The molecule has 2 aliphatic carbocycles. The van der Waals surface area contributed by atoms with Crippen molar-refractivity contribution in [3.05, 3.63) is 286 Å². The minimum atomic E-state index is -0.672. The van der Waals surface area contributed by atoms with Gasteiger partial charge in [-0.15, -0.1) is 11.3 Å². The van der Waals surface area contributed by atoms with Gasteiger partial charge in [0, 0.05) is 60.2 Å². The van der Waals surface area contributed by atoms with E-state index in [9.17, 15) is 0 Å². The molecule has 4 aliphatic rings. The van der Waals surface area contributed by atoms with Crippen molar-refractivity contribution in [2.45, 2.75) is 124 Å². The smallest absolute Gasteiger partial charge is 0.264 e. The summed E-state index contributed by atoms with van der Waals surface area (Å²) in [4.78, 5) is 7.83. The van der Waals surface area contributed by atoms with E-state index in [1.807, 2.05) is 11.3 Å². The summed E-state index contributed by atoms with van der Waals surface area (Å²) in [6.07, 6.45) is 0. The van der Waals surface area contributed by atoms with Crippen molar-refractivity contribution in [2.24, 2.45) is 0 Å². The first kappa shape index (κ1) is 58.0. The highest BCUT2D eigenvalue weighted by molar-refractivity contribution is 7.33. The molecular weight excluding hydrogens is 1130 g/mol. The van der Waals surface area contributed by atoms with Crippen molar-refractivity contribution in [1.29, 1.82) is 0 Å². The number of anilines is 9. The Hall–Kier alpha value is -9.16. The van der Waals surface area contributed by atoms with Crippen molar-refractivity contribution in [1.82, 2.24) is 0 Å². The van der Waals surface area contributed by atoms with Crippen molar-refractivity contribution >= 4 is 95.0 Å². The second kappa shape index (κ2) is 20.4. The second-order valence-corrected chi connectivity index (χ2v) is 31.8. The molecule has 0 fully saturated rings. The Morgan fingerprint density at radius 2 is 0.880 bits per heavy atom. The number of hydrogen-bond donors (Lipinski definition) is 0. The molecule has 1 aromatic heterocycles. The van der Waals surface area contributed by atoms with Crippen LogP contribution in [-0.4, -0.2) is 6.71 Å². The molecule has 0 bridgehead atoms. The van der Waals surface area contributed by atoms with Crippen molar-refractivity contribution in [3.63, 3.8) is 0 Å². The zero-order valence-corrected chi connectivity index (χ0v) is 56.6. The highest BCUT2D eigenvalue weighted by Gasteiger charge is 2.54. The predicted octanol–water partition coefficient (Wildman–Crippen LogP) is 22.3. The third-order valence-corrected chi connectivity index (χ3v) is 21.8. The van der Waals surface area contributed by atoms with E-state index in [0.29, 0.717) is 0 Å². The van der Waals surface area contributed by atoms with Crippen LogP contribution >= 0.6 is 11.3 Å². The summed E-state index contributed by atoms with van der Waals surface area (Å²) in [5, 5.41) is 1.31. The van der Waals surface area contributed by atoms with E-state index in [0.717, 1.165) is 22.7 Å². The van der Waals surface area contributed by atoms with Gasteiger partial charge in [-0.25, -0.2) is 0 Å². The Bertz CT molecular complexity index is 4930. The number of aryl methyl sites for hydroxylation is 2. The van der Waals surface area contributed by atoms with Crippen molar-refractivity contribution in [2.75, 3.05) is 14.7 Å². The maximum atomic E-state index is 2.69. The van der Waals surface area contributed by atoms with Gasteiger partial charge in [-0.3, -0.25) is 0 Å². The van der Waals surface area contributed by atoms with Crippen LogP contribution in [-0.2, 0) is 27.1 Å². The van der Waals surface area contributed by atoms with Crippen LogP contribution in [0.3, 0.4) is 0 Å². The number of hydrogen-bond acceptors (Lipinski definition) is 4. The molecule has 12 aromatic rings. The lowest BCUT2D eigenvalue weighted by Crippen LogP contribution is -2.60. The first-order valence-electron chi connectivity index (χ1n) is 33.1. The van der Waals surface area contributed by atoms with Crippen LogP contribution in [0.5, 0.6) is 0 Å². The van der Waals surface area contributed by atoms with Gasteiger partial charge in [0.05, 0.1) is 16.8 Å². The third-order valence-electron chi connectivity index (χ3n) is 20.6. The molecule has 2 aliphatic heterocycles. The van der Waals surface area contributed by atoms with E-state index < -0.39 is 5.41 Å². The summed E-state index contributed by atoms with van der Waals surface area (Å²) < 4.78 is 2.69. The monoisotopic (exact) mass is 1210 g/mol. The van der Waals surface area contributed by atoms with E-state index in [1.54, 1.807) is 0 Å². The third kappa shape index (κ3) is 8.81. The molecule has 0 N–H and O–H groups in total. The van der Waals surface area contributed by atoms with E-state index in [2.05, 4.69) is 342 Å². The summed E-state index contributed by atoms with van der Waals surface area (Å²) in [6.45, 7) is 32.3. The molecule has 452 valence electrons. The summed E-state index contributed by atoms with van der Waals surface area (Å²) >= 11 is 1.99. The van der Waals surface area contributed by atoms with Gasteiger partial charge in [-0.2, -0.15) is 0 Å². The predicted molar refractivity (Wildman–Crippen MR) is 397 cm³/mol. The highest BCUT2D eigenvalue weighted by atomic mass is 32.1. The van der Waals surface area contributed by atoms with E-state index >= 15 is 0 Å². The van der Waals surface area contributed by atoms with E-state index in [-0.39, 0.29) is 28.4 Å². The summed E-state index contributed by atoms with van der Waals surface area (Å²) in [5.41, 5.74) is 33.2. The van der Waals surface area contributed by atoms with Gasteiger partial charge in [0.15, 0.2) is 0 Å². The first-order chi connectivity index (χ1) is 44.0. The lowest BCUT2D eigenvalue weighted by Gasteiger charge is -2.44. The number of rotatable bonds is 6. The number of nitrogens with zero attached hydrogens (tertiary/aromatic N) is 3. The largest absolute Gasteiger partial charge is 0.311 e. The van der Waals surface area contributed by atoms with Crippen molar-refractivity contribution in [3.8, 4) is 33.4 Å². The molecule has 0 radical (unpaired) electrons. The Morgan fingerprint density at radius 1 is 0.370 bits per heavy atom. The fourth-order valence-electron chi connectivity index (χ4n) is 15.8. The van der Waals surface area contributed by atoms with E-state index in [4.69, 9.17) is 0 Å². The van der Waals surface area contributed by atoms with Crippen LogP contribution in [0.15, 0.2) is 231 Å². The zero-order chi connectivity index (χ0) is 63.7. The molecule has 3 nitrogen and oxygen atoms in total. The summed E-state index contributed by atoms with van der Waals surface area (Å²) in [5.74, 6) is 0. The molecule has 1 atom stereocenters. The van der Waals surface area contributed by atoms with Gasteiger partial charge in [0.2, 0.25) is 0 Å². The highest BCUT2D eigenvalue weighted by Crippen LogP contribution is 2.65. The quantitative estimate of drug-likeness (QED) is 0.154. The average Bonchev–Trinajstić information content (AvgIpc) is 1.46. The number of thiophene rings is 1. The number of fused-ring (bicyclic) bond motifs is 16. The Labute approximate surface area is 549 Å². The molecule has 1 spiro atoms. The topological polar surface area (TPSA) is 9.72 Å². The second-order valence-electron chi connectivity index (χ2n) is 30.7. The van der Waals surface area contributed by atoms with E-state index in [1.165, 1.54) is 143 Å². The van der Waals surface area contributed by atoms with Crippen LogP contribution in [0.2, 0.25) is 0 Å². The molecule has 0 saturated carbocycles. The average molecular weight is 1210 g/mol. The molecule has 1 unspecified atom stereocenters. The van der Waals surface area contributed by atoms with Crippen molar-refractivity contribution < 1.29 is 0 Å². The van der Waals surface area contributed by atoms with Crippen LogP contribution in [0, 0.1) is 13.8 Å². The Balaban J connectivity index is 1.00. The lowest BCUT2D eigenvalue weighted by atomic mass is 9.36. The van der Waals surface area contributed by atoms with Gasteiger partial charge in [0.25, 0.3) is 6.71 Å². The minimum absolute atomic E-state index is 0.00513. The molecule has 0 saturated heterocycles. The molecular formula is C87H80BN3S. The first-order valence-corrected chi connectivity index (χ1v) is 33.9. The minimum Gasteiger partial charge on any atom is -0.311 e. The van der Waals surface area contributed by atoms with Gasteiger partial charge in [-0.05, 0) is 215 Å². The maximum Gasteiger partial charge on any atom is 0.264 e. The van der Waals surface area contributed by atoms with Gasteiger partial charge < -0.3 is 14.7 Å².